The number of piperidine rings is 1. The number of likely N-dealkylation sites (tertiary alicyclic amines) is 1. The Kier molecular flexibility index (Phi) is 7.17. The number of nitrogens with zero attached hydrogens (tertiary/aromatic N) is 1. The minimum Gasteiger partial charge on any atom is -0.496 e. The van der Waals surface area contributed by atoms with Gasteiger partial charge in [-0.2, -0.15) is 0 Å². The highest BCUT2D eigenvalue weighted by Gasteiger charge is 2.31. The van der Waals surface area contributed by atoms with Crippen molar-refractivity contribution in [3.05, 3.63) is 47.5 Å². The maximum Gasteiger partial charge on any atom is 0.203 e. The molecule has 2 atom stereocenters. The van der Waals surface area contributed by atoms with E-state index >= 15 is 0 Å². The molecule has 1 fully saturated rings. The van der Waals surface area contributed by atoms with Gasteiger partial charge in [-0.05, 0) is 43.2 Å². The Hall–Kier alpha value is -2.48. The lowest BCUT2D eigenvalue weighted by Gasteiger charge is -2.36. The van der Waals surface area contributed by atoms with Gasteiger partial charge in [-0.15, -0.1) is 0 Å². The van der Waals surface area contributed by atoms with Crippen LogP contribution in [0.3, 0.4) is 0 Å². The summed E-state index contributed by atoms with van der Waals surface area (Å²) in [4.78, 5) is 2.25. The number of ether oxygens (including phenoxy) is 5. The summed E-state index contributed by atoms with van der Waals surface area (Å²) in [6, 6.07) is 11.8. The normalized spacial score (nSPS) is 21.0. The lowest BCUT2D eigenvalue weighted by molar-refractivity contribution is -0.0290. The van der Waals surface area contributed by atoms with Crippen LogP contribution in [0.4, 0.5) is 0 Å². The molecule has 4 rings (SSSR count). The molecule has 2 aromatic rings. The first-order valence-electron chi connectivity index (χ1n) is 10.9. The fourth-order valence-electron chi connectivity index (χ4n) is 4.07. The molecule has 0 bridgehead atoms. The largest absolute Gasteiger partial charge is 0.496 e. The number of methoxy groups -OCH3 is 1. The molecule has 0 spiro atoms. The number of hydrogen-bond donors (Lipinski definition) is 1. The first-order valence-corrected chi connectivity index (χ1v) is 10.9. The number of fused-ring (bicyclic) bond motifs is 1. The van der Waals surface area contributed by atoms with Crippen LogP contribution in [0.2, 0.25) is 0 Å². The number of hydrogen-bond acceptors (Lipinski definition) is 7. The molecule has 0 amide bonds. The van der Waals surface area contributed by atoms with E-state index in [0.717, 1.165) is 30.8 Å². The third kappa shape index (κ3) is 5.23. The molecule has 168 valence electrons. The SMILES string of the molecule is CCOCc1cc(CN2CC[C@@H](Oc3cccc4c3OCCO4)[C@H](O)C2)ccc1OC. The maximum absolute atomic E-state index is 10.8. The lowest BCUT2D eigenvalue weighted by Crippen LogP contribution is -2.48. The second kappa shape index (κ2) is 10.2. The zero-order chi connectivity index (χ0) is 21.6. The Morgan fingerprint density at radius 1 is 1.13 bits per heavy atom. The number of aliphatic hydroxyl groups excluding tert-OH is 1. The highest BCUT2D eigenvalue weighted by molar-refractivity contribution is 5.52. The number of β-amino-alcohol motifs (C(OH)–C–C–N with tert-alkyl or cyclic N) is 1. The Bertz CT molecular complexity index is 873. The molecule has 1 N–H and O–H groups in total. The van der Waals surface area contributed by atoms with Crippen LogP contribution in [0.15, 0.2) is 36.4 Å². The summed E-state index contributed by atoms with van der Waals surface area (Å²) in [5.74, 6) is 2.79. The van der Waals surface area contributed by atoms with Crippen molar-refractivity contribution in [2.24, 2.45) is 0 Å². The molecule has 2 aromatic carbocycles. The number of rotatable bonds is 8. The highest BCUT2D eigenvalue weighted by Crippen LogP contribution is 2.40. The van der Waals surface area contributed by atoms with Gasteiger partial charge >= 0.3 is 0 Å². The third-order valence-corrected chi connectivity index (χ3v) is 5.63. The van der Waals surface area contributed by atoms with Gasteiger partial charge in [0.05, 0.1) is 13.7 Å². The van der Waals surface area contributed by atoms with E-state index in [0.29, 0.717) is 50.2 Å². The summed E-state index contributed by atoms with van der Waals surface area (Å²) in [5, 5.41) is 10.8. The Morgan fingerprint density at radius 2 is 2.00 bits per heavy atom. The van der Waals surface area contributed by atoms with Crippen LogP contribution in [0.1, 0.15) is 24.5 Å². The summed E-state index contributed by atoms with van der Waals surface area (Å²) >= 11 is 0. The van der Waals surface area contributed by atoms with Gasteiger partial charge in [0.1, 0.15) is 31.2 Å². The molecule has 0 unspecified atom stereocenters. The molecule has 0 radical (unpaired) electrons. The standard InChI is InChI=1S/C24H31NO6/c1-3-28-16-18-13-17(7-8-20(18)27-2)14-25-10-9-21(19(26)15-25)31-23-6-4-5-22-24(23)30-12-11-29-22/h4-8,13,19,21,26H,3,9-12,14-16H2,1-2H3/t19-,21-/m1/s1. The van der Waals surface area contributed by atoms with E-state index in [4.69, 9.17) is 23.7 Å². The van der Waals surface area contributed by atoms with Crippen LogP contribution in [0, 0.1) is 0 Å². The topological polar surface area (TPSA) is 69.6 Å². The molecule has 2 heterocycles. The average Bonchev–Trinajstić information content (AvgIpc) is 2.80. The maximum atomic E-state index is 10.8. The van der Waals surface area contributed by atoms with E-state index in [9.17, 15) is 5.11 Å². The van der Waals surface area contributed by atoms with Crippen molar-refractivity contribution in [1.82, 2.24) is 4.90 Å². The molecular formula is C24H31NO6. The molecular weight excluding hydrogens is 398 g/mol. The fraction of sp³-hybridized carbons (Fsp3) is 0.500. The second-order valence-corrected chi connectivity index (χ2v) is 7.81. The summed E-state index contributed by atoms with van der Waals surface area (Å²) in [5.41, 5.74) is 2.21. The van der Waals surface area contributed by atoms with Gasteiger partial charge in [0.15, 0.2) is 11.5 Å². The Morgan fingerprint density at radius 3 is 2.81 bits per heavy atom. The van der Waals surface area contributed by atoms with Crippen molar-refractivity contribution < 1.29 is 28.8 Å². The Labute approximate surface area is 183 Å². The lowest BCUT2D eigenvalue weighted by atomic mass is 10.0. The summed E-state index contributed by atoms with van der Waals surface area (Å²) in [6.07, 6.45) is -0.138. The summed E-state index contributed by atoms with van der Waals surface area (Å²) in [7, 11) is 1.67. The van der Waals surface area contributed by atoms with E-state index in [2.05, 4.69) is 17.0 Å². The van der Waals surface area contributed by atoms with Gasteiger partial charge in [-0.3, -0.25) is 4.90 Å². The van der Waals surface area contributed by atoms with E-state index in [1.807, 2.05) is 31.2 Å². The van der Waals surface area contributed by atoms with Crippen molar-refractivity contribution >= 4 is 0 Å². The molecule has 2 aliphatic rings. The van der Waals surface area contributed by atoms with Crippen molar-refractivity contribution in [2.45, 2.75) is 38.7 Å². The molecule has 0 aliphatic carbocycles. The highest BCUT2D eigenvalue weighted by atomic mass is 16.6. The first-order chi connectivity index (χ1) is 15.2. The van der Waals surface area contributed by atoms with Crippen LogP contribution < -0.4 is 18.9 Å². The molecule has 7 heteroatoms. The van der Waals surface area contributed by atoms with Crippen molar-refractivity contribution in [1.29, 1.82) is 0 Å². The van der Waals surface area contributed by atoms with Gasteiger partial charge in [0.2, 0.25) is 5.75 Å². The van der Waals surface area contributed by atoms with Gasteiger partial charge in [0.25, 0.3) is 0 Å². The predicted molar refractivity (Wildman–Crippen MR) is 116 cm³/mol. The predicted octanol–water partition coefficient (Wildman–Crippen LogP) is 3.02. The van der Waals surface area contributed by atoms with Crippen LogP contribution in [0.5, 0.6) is 23.0 Å². The summed E-state index contributed by atoms with van der Waals surface area (Å²) < 4.78 is 28.5. The first kappa shape index (κ1) is 21.7. The van der Waals surface area contributed by atoms with Gasteiger partial charge < -0.3 is 28.8 Å². The van der Waals surface area contributed by atoms with Crippen LogP contribution >= 0.6 is 0 Å². The van der Waals surface area contributed by atoms with E-state index in [1.54, 1.807) is 7.11 Å². The van der Waals surface area contributed by atoms with Crippen molar-refractivity contribution in [2.75, 3.05) is 40.0 Å². The van der Waals surface area contributed by atoms with Gasteiger partial charge in [-0.25, -0.2) is 0 Å². The molecule has 1 saturated heterocycles. The quantitative estimate of drug-likeness (QED) is 0.692. The van der Waals surface area contributed by atoms with Crippen LogP contribution in [-0.4, -0.2) is 62.2 Å². The molecule has 31 heavy (non-hydrogen) atoms. The van der Waals surface area contributed by atoms with Crippen molar-refractivity contribution in [3.63, 3.8) is 0 Å². The van der Waals surface area contributed by atoms with Crippen LogP contribution in [-0.2, 0) is 17.9 Å². The Balaban J connectivity index is 1.37. The zero-order valence-electron chi connectivity index (χ0n) is 18.2. The number of benzene rings is 2. The van der Waals surface area contributed by atoms with Crippen molar-refractivity contribution in [3.8, 4) is 23.0 Å². The number of para-hydroxylation sites is 1. The molecule has 0 aromatic heterocycles. The minimum atomic E-state index is -0.588. The smallest absolute Gasteiger partial charge is 0.203 e. The summed E-state index contributed by atoms with van der Waals surface area (Å²) in [6.45, 7) is 6.34. The van der Waals surface area contributed by atoms with Gasteiger partial charge in [0, 0.05) is 31.8 Å². The molecule has 0 saturated carbocycles. The fourth-order valence-corrected chi connectivity index (χ4v) is 4.07. The van der Waals surface area contributed by atoms with Crippen LogP contribution in [0.25, 0.3) is 0 Å². The third-order valence-electron chi connectivity index (χ3n) is 5.63. The molecule has 7 nitrogen and oxygen atoms in total. The van der Waals surface area contributed by atoms with E-state index < -0.39 is 6.10 Å². The van der Waals surface area contributed by atoms with Gasteiger partial charge in [-0.1, -0.05) is 12.1 Å². The monoisotopic (exact) mass is 429 g/mol. The molecule has 2 aliphatic heterocycles. The zero-order valence-corrected chi connectivity index (χ0v) is 18.2. The minimum absolute atomic E-state index is 0.280. The number of aliphatic hydroxyl groups is 1. The van der Waals surface area contributed by atoms with E-state index in [1.165, 1.54) is 5.56 Å². The second-order valence-electron chi connectivity index (χ2n) is 7.81. The average molecular weight is 430 g/mol. The van der Waals surface area contributed by atoms with E-state index in [-0.39, 0.29) is 6.10 Å².